The zero-order valence-electron chi connectivity index (χ0n) is 12.6. The molecule has 0 spiro atoms. The van der Waals surface area contributed by atoms with Crippen LogP contribution in [0.3, 0.4) is 0 Å². The molecule has 3 rings (SSSR count). The first-order valence-corrected chi connectivity index (χ1v) is 7.22. The summed E-state index contributed by atoms with van der Waals surface area (Å²) in [6.45, 7) is 0.0896. The summed E-state index contributed by atoms with van der Waals surface area (Å²) in [5, 5.41) is 11.7. The average molecular weight is 326 g/mol. The first-order valence-electron chi connectivity index (χ1n) is 7.22. The van der Waals surface area contributed by atoms with Crippen molar-refractivity contribution in [2.45, 2.75) is 13.1 Å². The number of aromatic carboxylic acids is 1. The summed E-state index contributed by atoms with van der Waals surface area (Å²) < 4.78 is 6.15. The second-order valence-electron chi connectivity index (χ2n) is 5.20. The van der Waals surface area contributed by atoms with Crippen molar-refractivity contribution < 1.29 is 19.1 Å². The van der Waals surface area contributed by atoms with E-state index in [-0.39, 0.29) is 29.1 Å². The van der Waals surface area contributed by atoms with Gasteiger partial charge in [0.05, 0.1) is 11.1 Å². The van der Waals surface area contributed by atoms with Gasteiger partial charge in [-0.2, -0.15) is 0 Å². The molecule has 24 heavy (non-hydrogen) atoms. The number of nitrogens with one attached hydrogen (secondary N) is 1. The van der Waals surface area contributed by atoms with Crippen LogP contribution in [0, 0.1) is 0 Å². The van der Waals surface area contributed by atoms with Crippen LogP contribution in [0.4, 0.5) is 0 Å². The molecule has 2 N–H and O–H groups in total. The Morgan fingerprint density at radius 1 is 1.12 bits per heavy atom. The molecule has 0 atom stereocenters. The Kier molecular flexibility index (Phi) is 4.15. The summed E-state index contributed by atoms with van der Waals surface area (Å²) in [6, 6.07) is 13.4. The van der Waals surface area contributed by atoms with Gasteiger partial charge in [-0.3, -0.25) is 9.36 Å². The summed E-state index contributed by atoms with van der Waals surface area (Å²) >= 11 is 0. The Balaban J connectivity index is 1.80. The number of rotatable bonds is 5. The van der Waals surface area contributed by atoms with E-state index in [1.807, 2.05) is 30.3 Å². The zero-order valence-corrected chi connectivity index (χ0v) is 12.6. The maximum Gasteiger partial charge on any atom is 0.420 e. The molecule has 0 aliphatic heterocycles. The number of oxazole rings is 1. The number of carboxylic acids is 1. The lowest BCUT2D eigenvalue weighted by Crippen LogP contribution is -2.30. The Bertz CT molecular complexity index is 956. The lowest BCUT2D eigenvalue weighted by Gasteiger charge is -2.06. The van der Waals surface area contributed by atoms with Gasteiger partial charge in [-0.25, -0.2) is 9.59 Å². The summed E-state index contributed by atoms with van der Waals surface area (Å²) in [5.74, 6) is -2.20. The molecule has 1 amide bonds. The molecule has 122 valence electrons. The van der Waals surface area contributed by atoms with E-state index in [0.717, 1.165) is 10.1 Å². The van der Waals surface area contributed by atoms with Crippen molar-refractivity contribution >= 4 is 23.0 Å². The summed E-state index contributed by atoms with van der Waals surface area (Å²) in [7, 11) is 0. The third-order valence-electron chi connectivity index (χ3n) is 3.55. The predicted octanol–water partition coefficient (Wildman–Crippen LogP) is 1.61. The summed E-state index contributed by atoms with van der Waals surface area (Å²) in [5.41, 5.74) is 1.46. The van der Waals surface area contributed by atoms with Crippen molar-refractivity contribution in [3.63, 3.8) is 0 Å². The standard InChI is InChI=1S/C17H14N2O5/c20-15(18-9-11-4-2-1-3-5-11)10-19-13-8-12(16(21)22)6-7-14(13)24-17(19)23/h1-8H,9-10H2,(H,18,20)(H,21,22). The minimum absolute atomic E-state index is 0.0155. The number of benzene rings is 2. The van der Waals surface area contributed by atoms with Crippen LogP contribution >= 0.6 is 0 Å². The topological polar surface area (TPSA) is 102 Å². The molecule has 2 aromatic carbocycles. The molecule has 0 radical (unpaired) electrons. The van der Waals surface area contributed by atoms with Crippen molar-refractivity contribution in [3.8, 4) is 0 Å². The molecule has 0 unspecified atom stereocenters. The molecule has 0 bridgehead atoms. The number of hydrogen-bond acceptors (Lipinski definition) is 4. The van der Waals surface area contributed by atoms with Crippen molar-refractivity contribution in [1.82, 2.24) is 9.88 Å². The fraction of sp³-hybridized carbons (Fsp3) is 0.118. The van der Waals surface area contributed by atoms with Crippen LogP contribution in [-0.2, 0) is 17.9 Å². The van der Waals surface area contributed by atoms with Crippen LogP contribution in [-0.4, -0.2) is 21.6 Å². The largest absolute Gasteiger partial charge is 0.478 e. The highest BCUT2D eigenvalue weighted by Crippen LogP contribution is 2.15. The Labute approximate surface area is 136 Å². The molecule has 0 saturated carbocycles. The zero-order chi connectivity index (χ0) is 17.1. The third kappa shape index (κ3) is 3.19. The number of aromatic nitrogens is 1. The molecule has 1 heterocycles. The van der Waals surface area contributed by atoms with Gasteiger partial charge in [0.15, 0.2) is 5.58 Å². The lowest BCUT2D eigenvalue weighted by molar-refractivity contribution is -0.121. The monoisotopic (exact) mass is 326 g/mol. The maximum atomic E-state index is 12.1. The van der Waals surface area contributed by atoms with Crippen molar-refractivity contribution in [2.24, 2.45) is 0 Å². The van der Waals surface area contributed by atoms with E-state index in [1.165, 1.54) is 18.2 Å². The van der Waals surface area contributed by atoms with E-state index in [9.17, 15) is 14.4 Å². The smallest absolute Gasteiger partial charge is 0.420 e. The number of carbonyl (C=O) groups excluding carboxylic acids is 1. The lowest BCUT2D eigenvalue weighted by atomic mass is 10.2. The highest BCUT2D eigenvalue weighted by atomic mass is 16.4. The Hall–Kier alpha value is -3.35. The highest BCUT2D eigenvalue weighted by molar-refractivity contribution is 5.92. The fourth-order valence-corrected chi connectivity index (χ4v) is 2.34. The van der Waals surface area contributed by atoms with Crippen LogP contribution in [0.25, 0.3) is 11.1 Å². The van der Waals surface area contributed by atoms with Gasteiger partial charge < -0.3 is 14.8 Å². The second-order valence-corrected chi connectivity index (χ2v) is 5.20. The van der Waals surface area contributed by atoms with Crippen LogP contribution in [0.15, 0.2) is 57.7 Å². The Morgan fingerprint density at radius 3 is 2.58 bits per heavy atom. The van der Waals surface area contributed by atoms with Gasteiger partial charge in [-0.1, -0.05) is 30.3 Å². The molecule has 7 heteroatoms. The molecule has 1 aromatic heterocycles. The number of fused-ring (bicyclic) bond motifs is 1. The Morgan fingerprint density at radius 2 is 1.88 bits per heavy atom. The number of nitrogens with zero attached hydrogens (tertiary/aromatic N) is 1. The first kappa shape index (κ1) is 15.5. The summed E-state index contributed by atoms with van der Waals surface area (Å²) in [6.07, 6.45) is 0. The molecule has 0 aliphatic carbocycles. The average Bonchev–Trinajstić information content (AvgIpc) is 2.89. The van der Waals surface area contributed by atoms with Crippen LogP contribution < -0.4 is 11.1 Å². The third-order valence-corrected chi connectivity index (χ3v) is 3.55. The van der Waals surface area contributed by atoms with E-state index in [4.69, 9.17) is 9.52 Å². The van der Waals surface area contributed by atoms with Gasteiger partial charge in [-0.05, 0) is 23.8 Å². The highest BCUT2D eigenvalue weighted by Gasteiger charge is 2.14. The summed E-state index contributed by atoms with van der Waals surface area (Å²) in [4.78, 5) is 35.0. The van der Waals surface area contributed by atoms with Crippen LogP contribution in [0.2, 0.25) is 0 Å². The van der Waals surface area contributed by atoms with Gasteiger partial charge in [0.25, 0.3) is 0 Å². The van der Waals surface area contributed by atoms with E-state index in [1.54, 1.807) is 0 Å². The van der Waals surface area contributed by atoms with E-state index < -0.39 is 11.7 Å². The quantitative estimate of drug-likeness (QED) is 0.742. The molecular formula is C17H14N2O5. The van der Waals surface area contributed by atoms with E-state index in [0.29, 0.717) is 6.54 Å². The van der Waals surface area contributed by atoms with E-state index in [2.05, 4.69) is 5.32 Å². The van der Waals surface area contributed by atoms with Crippen LogP contribution in [0.5, 0.6) is 0 Å². The van der Waals surface area contributed by atoms with Gasteiger partial charge in [0.2, 0.25) is 5.91 Å². The number of carboxylic acid groups (broad SMARTS) is 1. The SMILES string of the molecule is O=C(Cn1c(=O)oc2ccc(C(=O)O)cc21)NCc1ccccc1. The number of carbonyl (C=O) groups is 2. The minimum atomic E-state index is -1.12. The predicted molar refractivity (Wildman–Crippen MR) is 85.7 cm³/mol. The van der Waals surface area contributed by atoms with Crippen molar-refractivity contribution in [3.05, 3.63) is 70.2 Å². The van der Waals surface area contributed by atoms with E-state index >= 15 is 0 Å². The van der Waals surface area contributed by atoms with Gasteiger partial charge in [-0.15, -0.1) is 0 Å². The maximum absolute atomic E-state index is 12.1. The van der Waals surface area contributed by atoms with Crippen molar-refractivity contribution in [1.29, 1.82) is 0 Å². The minimum Gasteiger partial charge on any atom is -0.478 e. The first-order chi connectivity index (χ1) is 11.5. The fourth-order valence-electron chi connectivity index (χ4n) is 2.34. The molecular weight excluding hydrogens is 312 g/mol. The number of hydrogen-bond donors (Lipinski definition) is 2. The molecule has 3 aromatic rings. The number of amides is 1. The van der Waals surface area contributed by atoms with Gasteiger partial charge in [0.1, 0.15) is 6.54 Å². The molecule has 0 saturated heterocycles. The molecule has 0 aliphatic rings. The normalized spacial score (nSPS) is 10.7. The second kappa shape index (κ2) is 6.41. The molecule has 0 fully saturated rings. The van der Waals surface area contributed by atoms with Crippen molar-refractivity contribution in [2.75, 3.05) is 0 Å². The molecule has 7 nitrogen and oxygen atoms in total. The van der Waals surface area contributed by atoms with Gasteiger partial charge in [0, 0.05) is 6.54 Å². The van der Waals surface area contributed by atoms with Crippen LogP contribution in [0.1, 0.15) is 15.9 Å². The van der Waals surface area contributed by atoms with Gasteiger partial charge >= 0.3 is 11.7 Å².